The SMILES string of the molecule is CCN(CC)S(=O)(=O)c1ccc(NC(=O)CC2Sc3ccccc3NC2=O)cc1. The van der Waals surface area contributed by atoms with Crippen molar-refractivity contribution in [2.24, 2.45) is 0 Å². The Balaban J connectivity index is 1.64. The summed E-state index contributed by atoms with van der Waals surface area (Å²) in [6.07, 6.45) is 0.0182. The van der Waals surface area contributed by atoms with Crippen LogP contribution in [0.5, 0.6) is 0 Å². The molecule has 0 bridgehead atoms. The Bertz CT molecular complexity index is 1000. The van der Waals surface area contributed by atoms with Crippen LogP contribution < -0.4 is 10.6 Å². The van der Waals surface area contributed by atoms with Gasteiger partial charge in [-0.2, -0.15) is 4.31 Å². The van der Waals surface area contributed by atoms with E-state index in [0.29, 0.717) is 18.8 Å². The van der Waals surface area contributed by atoms with Crippen molar-refractivity contribution < 1.29 is 18.0 Å². The molecule has 0 aromatic heterocycles. The second-order valence-corrected chi connectivity index (χ2v) is 9.64. The summed E-state index contributed by atoms with van der Waals surface area (Å²) in [7, 11) is -3.54. The minimum absolute atomic E-state index is 0.0182. The maximum absolute atomic E-state index is 12.5. The monoisotopic (exact) mass is 433 g/mol. The first-order chi connectivity index (χ1) is 13.8. The molecule has 3 rings (SSSR count). The number of hydrogen-bond donors (Lipinski definition) is 2. The largest absolute Gasteiger partial charge is 0.326 e. The third kappa shape index (κ3) is 4.80. The van der Waals surface area contributed by atoms with Crippen LogP contribution in [0.4, 0.5) is 11.4 Å². The zero-order chi connectivity index (χ0) is 21.0. The van der Waals surface area contributed by atoms with E-state index in [1.807, 2.05) is 24.3 Å². The van der Waals surface area contributed by atoms with E-state index >= 15 is 0 Å². The van der Waals surface area contributed by atoms with Crippen LogP contribution in [0.15, 0.2) is 58.3 Å². The Hall–Kier alpha value is -2.36. The van der Waals surface area contributed by atoms with Gasteiger partial charge >= 0.3 is 0 Å². The van der Waals surface area contributed by atoms with Gasteiger partial charge in [-0.25, -0.2) is 8.42 Å². The van der Waals surface area contributed by atoms with E-state index in [9.17, 15) is 18.0 Å². The minimum Gasteiger partial charge on any atom is -0.326 e. The maximum Gasteiger partial charge on any atom is 0.243 e. The molecule has 1 heterocycles. The summed E-state index contributed by atoms with van der Waals surface area (Å²) in [4.78, 5) is 25.7. The van der Waals surface area contributed by atoms with Gasteiger partial charge in [-0.3, -0.25) is 9.59 Å². The van der Waals surface area contributed by atoms with E-state index in [0.717, 1.165) is 10.6 Å². The first kappa shape index (κ1) is 21.4. The summed E-state index contributed by atoms with van der Waals surface area (Å²) in [5.74, 6) is -0.513. The summed E-state index contributed by atoms with van der Waals surface area (Å²) in [5.41, 5.74) is 1.24. The highest BCUT2D eigenvalue weighted by Crippen LogP contribution is 2.36. The van der Waals surface area contributed by atoms with Crippen LogP contribution in [0.25, 0.3) is 0 Å². The molecule has 7 nitrogen and oxygen atoms in total. The van der Waals surface area contributed by atoms with Gasteiger partial charge in [0.25, 0.3) is 0 Å². The lowest BCUT2D eigenvalue weighted by atomic mass is 10.2. The van der Waals surface area contributed by atoms with Gasteiger partial charge < -0.3 is 10.6 Å². The Morgan fingerprint density at radius 1 is 1.10 bits per heavy atom. The fourth-order valence-corrected chi connectivity index (χ4v) is 5.60. The third-order valence-electron chi connectivity index (χ3n) is 4.56. The summed E-state index contributed by atoms with van der Waals surface area (Å²) in [6, 6.07) is 13.5. The molecule has 154 valence electrons. The van der Waals surface area contributed by atoms with Gasteiger partial charge in [0, 0.05) is 30.1 Å². The van der Waals surface area contributed by atoms with Gasteiger partial charge in [0.2, 0.25) is 21.8 Å². The molecule has 1 atom stereocenters. The van der Waals surface area contributed by atoms with Crippen LogP contribution in [-0.2, 0) is 19.6 Å². The molecule has 0 saturated heterocycles. The number of rotatable bonds is 7. The summed E-state index contributed by atoms with van der Waals surface area (Å²) in [5, 5.41) is 5.02. The number of fused-ring (bicyclic) bond motifs is 1. The van der Waals surface area contributed by atoms with Crippen molar-refractivity contribution in [3.63, 3.8) is 0 Å². The van der Waals surface area contributed by atoms with Gasteiger partial charge in [0.05, 0.1) is 15.8 Å². The topological polar surface area (TPSA) is 95.6 Å². The number of para-hydroxylation sites is 1. The molecule has 9 heteroatoms. The van der Waals surface area contributed by atoms with Crippen LogP contribution in [0, 0.1) is 0 Å². The van der Waals surface area contributed by atoms with Crippen molar-refractivity contribution >= 4 is 45.0 Å². The number of carbonyl (C=O) groups is 2. The smallest absolute Gasteiger partial charge is 0.243 e. The van der Waals surface area contributed by atoms with E-state index in [1.165, 1.54) is 28.2 Å². The van der Waals surface area contributed by atoms with Crippen LogP contribution in [-0.4, -0.2) is 42.9 Å². The second kappa shape index (κ2) is 8.98. The van der Waals surface area contributed by atoms with Crippen molar-refractivity contribution in [2.75, 3.05) is 23.7 Å². The average molecular weight is 434 g/mol. The molecular weight excluding hydrogens is 410 g/mol. The van der Waals surface area contributed by atoms with E-state index in [2.05, 4.69) is 10.6 Å². The zero-order valence-corrected chi connectivity index (χ0v) is 17.8. The molecule has 2 aromatic carbocycles. The van der Waals surface area contributed by atoms with Gasteiger partial charge in [0.1, 0.15) is 0 Å². The summed E-state index contributed by atoms with van der Waals surface area (Å²) >= 11 is 1.36. The van der Waals surface area contributed by atoms with Crippen molar-refractivity contribution in [3.05, 3.63) is 48.5 Å². The van der Waals surface area contributed by atoms with Gasteiger partial charge in [-0.05, 0) is 36.4 Å². The van der Waals surface area contributed by atoms with Gasteiger partial charge in [0.15, 0.2) is 0 Å². The minimum atomic E-state index is -3.54. The number of carbonyl (C=O) groups excluding carboxylic acids is 2. The lowest BCUT2D eigenvalue weighted by Crippen LogP contribution is -2.32. The molecule has 0 fully saturated rings. The number of nitrogens with zero attached hydrogens (tertiary/aromatic N) is 1. The quantitative estimate of drug-likeness (QED) is 0.699. The van der Waals surface area contributed by atoms with E-state index in [-0.39, 0.29) is 23.1 Å². The van der Waals surface area contributed by atoms with Crippen LogP contribution >= 0.6 is 11.8 Å². The molecule has 29 heavy (non-hydrogen) atoms. The fraction of sp³-hybridized carbons (Fsp3) is 0.300. The lowest BCUT2D eigenvalue weighted by Gasteiger charge is -2.23. The lowest BCUT2D eigenvalue weighted by molar-refractivity contribution is -0.120. The van der Waals surface area contributed by atoms with Crippen molar-refractivity contribution in [2.45, 2.75) is 35.3 Å². The van der Waals surface area contributed by atoms with E-state index in [4.69, 9.17) is 0 Å². The third-order valence-corrected chi connectivity index (χ3v) is 7.90. The number of hydrogen-bond acceptors (Lipinski definition) is 5. The number of anilines is 2. The second-order valence-electron chi connectivity index (χ2n) is 6.46. The Kier molecular flexibility index (Phi) is 6.61. The van der Waals surface area contributed by atoms with E-state index < -0.39 is 15.3 Å². The van der Waals surface area contributed by atoms with Gasteiger partial charge in [-0.15, -0.1) is 11.8 Å². The number of sulfonamides is 1. The van der Waals surface area contributed by atoms with Crippen molar-refractivity contribution in [1.82, 2.24) is 4.31 Å². The average Bonchev–Trinajstić information content (AvgIpc) is 2.69. The van der Waals surface area contributed by atoms with Crippen LogP contribution in [0.1, 0.15) is 20.3 Å². The fourth-order valence-electron chi connectivity index (χ4n) is 3.03. The van der Waals surface area contributed by atoms with E-state index in [1.54, 1.807) is 26.0 Å². The highest BCUT2D eigenvalue weighted by atomic mass is 32.2. The Morgan fingerprint density at radius 2 is 1.76 bits per heavy atom. The molecule has 2 aromatic rings. The maximum atomic E-state index is 12.5. The molecule has 0 saturated carbocycles. The Labute approximate surface area is 174 Å². The molecular formula is C20H23N3O4S2. The summed E-state index contributed by atoms with van der Waals surface area (Å²) in [6.45, 7) is 4.35. The standard InChI is InChI=1S/C20H23N3O4S2/c1-3-23(4-2)29(26,27)15-11-9-14(10-12-15)21-19(24)13-18-20(25)22-16-7-5-6-8-17(16)28-18/h5-12,18H,3-4,13H2,1-2H3,(H,21,24)(H,22,25). The molecule has 1 aliphatic heterocycles. The number of benzene rings is 2. The first-order valence-electron chi connectivity index (χ1n) is 9.31. The Morgan fingerprint density at radius 3 is 2.41 bits per heavy atom. The highest BCUT2D eigenvalue weighted by Gasteiger charge is 2.29. The highest BCUT2D eigenvalue weighted by molar-refractivity contribution is 8.01. The molecule has 0 spiro atoms. The normalized spacial score (nSPS) is 16.2. The van der Waals surface area contributed by atoms with Crippen molar-refractivity contribution in [1.29, 1.82) is 0 Å². The molecule has 2 N–H and O–H groups in total. The summed E-state index contributed by atoms with van der Waals surface area (Å²) < 4.78 is 26.4. The molecule has 2 amide bonds. The zero-order valence-electron chi connectivity index (χ0n) is 16.2. The molecule has 1 aliphatic rings. The number of amides is 2. The first-order valence-corrected chi connectivity index (χ1v) is 11.6. The molecule has 0 radical (unpaired) electrons. The van der Waals surface area contributed by atoms with Crippen LogP contribution in [0.3, 0.4) is 0 Å². The molecule has 0 aliphatic carbocycles. The number of nitrogens with one attached hydrogen (secondary N) is 2. The van der Waals surface area contributed by atoms with Crippen LogP contribution in [0.2, 0.25) is 0 Å². The predicted molar refractivity (Wildman–Crippen MR) is 115 cm³/mol. The number of thioether (sulfide) groups is 1. The molecule has 1 unspecified atom stereocenters. The van der Waals surface area contributed by atoms with Gasteiger partial charge in [-0.1, -0.05) is 26.0 Å². The van der Waals surface area contributed by atoms with Crippen molar-refractivity contribution in [3.8, 4) is 0 Å². The predicted octanol–water partition coefficient (Wildman–Crippen LogP) is 3.16.